The molecule has 116 valence electrons. The first-order chi connectivity index (χ1) is 10.3. The molecule has 2 rings (SSSR count). The second kappa shape index (κ2) is 6.37. The Labute approximate surface area is 133 Å². The van der Waals surface area contributed by atoms with Crippen molar-refractivity contribution in [2.24, 2.45) is 0 Å². The standard InChI is InChI=1S/C15H14ClNO4S/c1-22(20,21)17(10-12-4-2-3-5-14(12)16)13-8-6-11(7-9-13)15(18)19/h2-9H,10H2,1H3,(H,18,19). The first kappa shape index (κ1) is 16.3. The second-order valence-electron chi connectivity index (χ2n) is 4.71. The van der Waals surface area contributed by atoms with Crippen LogP contribution in [-0.2, 0) is 16.6 Å². The molecule has 0 spiro atoms. The van der Waals surface area contributed by atoms with Crippen molar-refractivity contribution in [1.82, 2.24) is 0 Å². The molecule has 2 aromatic rings. The molecule has 0 fully saturated rings. The number of halogens is 1. The maximum absolute atomic E-state index is 12.0. The van der Waals surface area contributed by atoms with Crippen LogP contribution in [0.1, 0.15) is 15.9 Å². The molecular weight excluding hydrogens is 326 g/mol. The number of carboxylic acid groups (broad SMARTS) is 1. The number of nitrogens with zero attached hydrogens (tertiary/aromatic N) is 1. The molecule has 5 nitrogen and oxygen atoms in total. The van der Waals surface area contributed by atoms with E-state index < -0.39 is 16.0 Å². The monoisotopic (exact) mass is 339 g/mol. The van der Waals surface area contributed by atoms with Gasteiger partial charge >= 0.3 is 5.97 Å². The Balaban J connectivity index is 2.39. The van der Waals surface area contributed by atoms with Gasteiger partial charge in [-0.1, -0.05) is 29.8 Å². The van der Waals surface area contributed by atoms with Crippen LogP contribution in [-0.4, -0.2) is 25.7 Å². The Bertz CT molecular complexity index is 787. The Morgan fingerprint density at radius 3 is 2.23 bits per heavy atom. The minimum Gasteiger partial charge on any atom is -0.478 e. The molecule has 22 heavy (non-hydrogen) atoms. The van der Waals surface area contributed by atoms with Crippen molar-refractivity contribution in [3.63, 3.8) is 0 Å². The van der Waals surface area contributed by atoms with Gasteiger partial charge in [0.05, 0.1) is 24.1 Å². The third-order valence-corrected chi connectivity index (χ3v) is 4.58. The fraction of sp³-hybridized carbons (Fsp3) is 0.133. The summed E-state index contributed by atoms with van der Waals surface area (Å²) in [6.45, 7) is 0.0743. The van der Waals surface area contributed by atoms with Gasteiger partial charge in [-0.05, 0) is 35.9 Å². The number of hydrogen-bond donors (Lipinski definition) is 1. The smallest absolute Gasteiger partial charge is 0.335 e. The third kappa shape index (κ3) is 3.78. The van der Waals surface area contributed by atoms with E-state index in [-0.39, 0.29) is 12.1 Å². The number of rotatable bonds is 5. The number of aromatic carboxylic acids is 1. The van der Waals surface area contributed by atoms with E-state index in [4.69, 9.17) is 16.7 Å². The topological polar surface area (TPSA) is 74.7 Å². The molecule has 2 aromatic carbocycles. The van der Waals surface area contributed by atoms with Gasteiger partial charge in [-0.3, -0.25) is 4.31 Å². The van der Waals surface area contributed by atoms with Crippen LogP contribution in [0.3, 0.4) is 0 Å². The van der Waals surface area contributed by atoms with E-state index >= 15 is 0 Å². The summed E-state index contributed by atoms with van der Waals surface area (Å²) < 4.78 is 25.2. The maximum atomic E-state index is 12.0. The molecule has 0 aliphatic heterocycles. The van der Waals surface area contributed by atoms with Crippen LogP contribution in [0.5, 0.6) is 0 Å². The predicted octanol–water partition coefficient (Wildman–Crippen LogP) is 3.00. The van der Waals surface area contributed by atoms with Crippen molar-refractivity contribution >= 4 is 33.3 Å². The number of carbonyl (C=O) groups is 1. The first-order valence-corrected chi connectivity index (χ1v) is 8.56. The summed E-state index contributed by atoms with van der Waals surface area (Å²) >= 11 is 6.07. The van der Waals surface area contributed by atoms with Crippen molar-refractivity contribution in [1.29, 1.82) is 0 Å². The summed E-state index contributed by atoms with van der Waals surface area (Å²) in [5.74, 6) is -1.07. The summed E-state index contributed by atoms with van der Waals surface area (Å²) in [4.78, 5) is 10.9. The van der Waals surface area contributed by atoms with Gasteiger partial charge in [-0.15, -0.1) is 0 Å². The SMILES string of the molecule is CS(=O)(=O)N(Cc1ccccc1Cl)c1ccc(C(=O)O)cc1. The second-order valence-corrected chi connectivity index (χ2v) is 7.03. The molecule has 0 aromatic heterocycles. The largest absolute Gasteiger partial charge is 0.478 e. The van der Waals surface area contributed by atoms with Crippen LogP contribution in [0.2, 0.25) is 5.02 Å². The summed E-state index contributed by atoms with van der Waals surface area (Å²) in [5, 5.41) is 9.37. The molecule has 0 unspecified atom stereocenters. The van der Waals surface area contributed by atoms with E-state index in [1.54, 1.807) is 24.3 Å². The van der Waals surface area contributed by atoms with Crippen molar-refractivity contribution in [2.45, 2.75) is 6.54 Å². The fourth-order valence-electron chi connectivity index (χ4n) is 1.95. The molecule has 0 bridgehead atoms. The minimum atomic E-state index is -3.54. The Kier molecular flexibility index (Phi) is 4.73. The van der Waals surface area contributed by atoms with E-state index in [0.29, 0.717) is 16.3 Å². The van der Waals surface area contributed by atoms with E-state index in [1.165, 1.54) is 28.6 Å². The molecule has 0 aliphatic carbocycles. The fourth-order valence-corrected chi connectivity index (χ4v) is 3.03. The van der Waals surface area contributed by atoms with E-state index in [0.717, 1.165) is 6.26 Å². The van der Waals surface area contributed by atoms with Crippen LogP contribution >= 0.6 is 11.6 Å². The number of benzene rings is 2. The molecule has 0 saturated carbocycles. The highest BCUT2D eigenvalue weighted by atomic mass is 35.5. The van der Waals surface area contributed by atoms with Gasteiger partial charge in [0, 0.05) is 5.02 Å². The molecule has 7 heteroatoms. The molecule has 0 atom stereocenters. The maximum Gasteiger partial charge on any atom is 0.335 e. The summed E-state index contributed by atoms with van der Waals surface area (Å²) in [7, 11) is -3.54. The lowest BCUT2D eigenvalue weighted by molar-refractivity contribution is 0.0697. The van der Waals surface area contributed by atoms with Gasteiger partial charge in [0.15, 0.2) is 0 Å². The van der Waals surface area contributed by atoms with Gasteiger partial charge in [0.2, 0.25) is 10.0 Å². The molecule has 0 saturated heterocycles. The molecule has 0 radical (unpaired) electrons. The molecule has 0 amide bonds. The molecule has 0 heterocycles. The van der Waals surface area contributed by atoms with Crippen LogP contribution < -0.4 is 4.31 Å². The minimum absolute atomic E-state index is 0.0743. The summed E-state index contributed by atoms with van der Waals surface area (Å²) in [6.07, 6.45) is 1.09. The Hall–Kier alpha value is -2.05. The average molecular weight is 340 g/mol. The van der Waals surface area contributed by atoms with Crippen LogP contribution in [0.4, 0.5) is 5.69 Å². The van der Waals surface area contributed by atoms with E-state index in [1.807, 2.05) is 0 Å². The lowest BCUT2D eigenvalue weighted by Gasteiger charge is -2.23. The first-order valence-electron chi connectivity index (χ1n) is 6.33. The van der Waals surface area contributed by atoms with Gasteiger partial charge in [0.25, 0.3) is 0 Å². The van der Waals surface area contributed by atoms with Crippen molar-refractivity contribution in [2.75, 3.05) is 10.6 Å². The number of anilines is 1. The highest BCUT2D eigenvalue weighted by Gasteiger charge is 2.19. The van der Waals surface area contributed by atoms with Crippen molar-refractivity contribution in [3.8, 4) is 0 Å². The van der Waals surface area contributed by atoms with Crippen LogP contribution in [0, 0.1) is 0 Å². The van der Waals surface area contributed by atoms with Gasteiger partial charge in [-0.2, -0.15) is 0 Å². The quantitative estimate of drug-likeness (QED) is 0.908. The Morgan fingerprint density at radius 2 is 1.73 bits per heavy atom. The van der Waals surface area contributed by atoms with Crippen LogP contribution in [0.15, 0.2) is 48.5 Å². The average Bonchev–Trinajstić information content (AvgIpc) is 2.45. The van der Waals surface area contributed by atoms with Gasteiger partial charge in [0.1, 0.15) is 0 Å². The normalized spacial score (nSPS) is 11.2. The van der Waals surface area contributed by atoms with Crippen molar-refractivity contribution < 1.29 is 18.3 Å². The highest BCUT2D eigenvalue weighted by molar-refractivity contribution is 7.92. The number of sulfonamides is 1. The predicted molar refractivity (Wildman–Crippen MR) is 85.9 cm³/mol. The van der Waals surface area contributed by atoms with Crippen molar-refractivity contribution in [3.05, 3.63) is 64.7 Å². The van der Waals surface area contributed by atoms with Gasteiger partial charge in [-0.25, -0.2) is 13.2 Å². The highest BCUT2D eigenvalue weighted by Crippen LogP contribution is 2.24. The number of carboxylic acids is 1. The Morgan fingerprint density at radius 1 is 1.14 bits per heavy atom. The molecule has 1 N–H and O–H groups in total. The van der Waals surface area contributed by atoms with E-state index in [9.17, 15) is 13.2 Å². The lowest BCUT2D eigenvalue weighted by Crippen LogP contribution is -2.29. The van der Waals surface area contributed by atoms with Gasteiger partial charge < -0.3 is 5.11 Å². The zero-order chi connectivity index (χ0) is 16.3. The third-order valence-electron chi connectivity index (χ3n) is 3.07. The molecule has 0 aliphatic rings. The zero-order valence-corrected chi connectivity index (χ0v) is 13.3. The number of hydrogen-bond acceptors (Lipinski definition) is 3. The summed E-state index contributed by atoms with van der Waals surface area (Å²) in [5.41, 5.74) is 1.14. The van der Waals surface area contributed by atoms with E-state index in [2.05, 4.69) is 0 Å². The zero-order valence-electron chi connectivity index (χ0n) is 11.7. The van der Waals surface area contributed by atoms with Crippen LogP contribution in [0.25, 0.3) is 0 Å². The summed E-state index contributed by atoms with van der Waals surface area (Å²) in [6, 6.07) is 12.6. The molecular formula is C15H14ClNO4S. The lowest BCUT2D eigenvalue weighted by atomic mass is 10.2.